The average molecular weight is 351 g/mol. The van der Waals surface area contributed by atoms with E-state index in [4.69, 9.17) is 4.74 Å². The van der Waals surface area contributed by atoms with Gasteiger partial charge in [0.1, 0.15) is 11.4 Å². The molecule has 0 aliphatic carbocycles. The quantitative estimate of drug-likeness (QED) is 0.572. The van der Waals surface area contributed by atoms with Gasteiger partial charge in [-0.2, -0.15) is 0 Å². The molecule has 0 spiro atoms. The number of aromatic nitrogens is 1. The van der Waals surface area contributed by atoms with Gasteiger partial charge < -0.3 is 20.4 Å². The number of benzene rings is 2. The van der Waals surface area contributed by atoms with Crippen molar-refractivity contribution in [2.45, 2.75) is 6.42 Å². The van der Waals surface area contributed by atoms with Crippen LogP contribution in [0.5, 0.6) is 5.75 Å². The van der Waals surface area contributed by atoms with Gasteiger partial charge >= 0.3 is 0 Å². The molecule has 0 unspecified atom stereocenters. The molecule has 0 radical (unpaired) electrons. The highest BCUT2D eigenvalue weighted by Gasteiger charge is 2.09. The molecule has 0 aliphatic rings. The normalized spacial score (nSPS) is 10.5. The SMILES string of the molecule is COc1ccc(C(=O)NCCCNC(=O)c2cc3ccccc3[nH]2)cc1. The van der Waals surface area contributed by atoms with Gasteiger partial charge in [0, 0.05) is 29.6 Å². The van der Waals surface area contributed by atoms with Gasteiger partial charge in [0.15, 0.2) is 0 Å². The summed E-state index contributed by atoms with van der Waals surface area (Å²) in [5.74, 6) is 0.415. The number of methoxy groups -OCH3 is 1. The van der Waals surface area contributed by atoms with Gasteiger partial charge in [-0.3, -0.25) is 9.59 Å². The first kappa shape index (κ1) is 17.5. The van der Waals surface area contributed by atoms with Crippen LogP contribution in [0.3, 0.4) is 0 Å². The Morgan fingerprint density at radius 1 is 0.962 bits per heavy atom. The Bertz CT molecular complexity index is 867. The van der Waals surface area contributed by atoms with Gasteiger partial charge in [-0.1, -0.05) is 18.2 Å². The van der Waals surface area contributed by atoms with Crippen LogP contribution in [0, 0.1) is 0 Å². The number of carbonyl (C=O) groups excluding carboxylic acids is 2. The highest BCUT2D eigenvalue weighted by atomic mass is 16.5. The lowest BCUT2D eigenvalue weighted by Gasteiger charge is -2.07. The second-order valence-corrected chi connectivity index (χ2v) is 5.86. The van der Waals surface area contributed by atoms with E-state index < -0.39 is 0 Å². The van der Waals surface area contributed by atoms with E-state index in [1.54, 1.807) is 31.4 Å². The molecule has 6 nitrogen and oxygen atoms in total. The van der Waals surface area contributed by atoms with Crippen molar-refractivity contribution in [2.24, 2.45) is 0 Å². The number of rotatable bonds is 7. The Morgan fingerprint density at radius 3 is 2.35 bits per heavy atom. The summed E-state index contributed by atoms with van der Waals surface area (Å²) in [4.78, 5) is 27.3. The Kier molecular flexibility index (Phi) is 5.53. The first-order chi connectivity index (χ1) is 12.7. The Balaban J connectivity index is 1.40. The highest BCUT2D eigenvalue weighted by molar-refractivity contribution is 5.98. The second kappa shape index (κ2) is 8.20. The van der Waals surface area contributed by atoms with Crippen LogP contribution < -0.4 is 15.4 Å². The molecular formula is C20H21N3O3. The van der Waals surface area contributed by atoms with E-state index in [1.165, 1.54) is 0 Å². The predicted octanol–water partition coefficient (Wildman–Crippen LogP) is 2.73. The monoisotopic (exact) mass is 351 g/mol. The molecule has 2 amide bonds. The number of ether oxygens (including phenoxy) is 1. The molecule has 134 valence electrons. The van der Waals surface area contributed by atoms with Crippen molar-refractivity contribution in [1.82, 2.24) is 15.6 Å². The zero-order valence-electron chi connectivity index (χ0n) is 14.5. The molecule has 1 heterocycles. The number of H-pyrrole nitrogens is 1. The molecule has 3 rings (SSSR count). The van der Waals surface area contributed by atoms with Crippen molar-refractivity contribution in [1.29, 1.82) is 0 Å². The molecule has 0 fully saturated rings. The number of carbonyl (C=O) groups is 2. The molecule has 0 saturated heterocycles. The largest absolute Gasteiger partial charge is 0.497 e. The van der Waals surface area contributed by atoms with Crippen molar-refractivity contribution in [3.8, 4) is 5.75 Å². The molecule has 2 aromatic carbocycles. The van der Waals surface area contributed by atoms with E-state index in [2.05, 4.69) is 15.6 Å². The first-order valence-electron chi connectivity index (χ1n) is 8.45. The van der Waals surface area contributed by atoms with Crippen LogP contribution in [-0.2, 0) is 0 Å². The molecule has 1 aromatic heterocycles. The summed E-state index contributed by atoms with van der Waals surface area (Å²) in [5, 5.41) is 6.69. The van der Waals surface area contributed by atoms with Crippen LogP contribution >= 0.6 is 0 Å². The number of amides is 2. The molecule has 0 saturated carbocycles. The van der Waals surface area contributed by atoms with E-state index in [0.29, 0.717) is 36.5 Å². The molecule has 6 heteroatoms. The van der Waals surface area contributed by atoms with E-state index >= 15 is 0 Å². The van der Waals surface area contributed by atoms with Crippen LogP contribution in [0.15, 0.2) is 54.6 Å². The lowest BCUT2D eigenvalue weighted by atomic mass is 10.2. The standard InChI is InChI=1S/C20H21N3O3/c1-26-16-9-7-14(8-10-16)19(24)21-11-4-12-22-20(25)18-13-15-5-2-3-6-17(15)23-18/h2-3,5-10,13,23H,4,11-12H2,1H3,(H,21,24)(H,22,25). The van der Waals surface area contributed by atoms with Crippen molar-refractivity contribution in [3.05, 3.63) is 65.9 Å². The molecule has 0 aliphatic heterocycles. The number of hydrogen-bond donors (Lipinski definition) is 3. The first-order valence-corrected chi connectivity index (χ1v) is 8.45. The summed E-state index contributed by atoms with van der Waals surface area (Å²) in [6, 6.07) is 16.5. The fourth-order valence-electron chi connectivity index (χ4n) is 2.63. The number of para-hydroxylation sites is 1. The van der Waals surface area contributed by atoms with E-state index in [9.17, 15) is 9.59 Å². The third-order valence-corrected chi connectivity index (χ3v) is 4.05. The summed E-state index contributed by atoms with van der Waals surface area (Å²) in [5.41, 5.74) is 2.05. The van der Waals surface area contributed by atoms with Crippen LogP contribution in [0.25, 0.3) is 10.9 Å². The van der Waals surface area contributed by atoms with Gasteiger partial charge in [-0.05, 0) is 42.8 Å². The van der Waals surface area contributed by atoms with Crippen molar-refractivity contribution >= 4 is 22.7 Å². The molecule has 26 heavy (non-hydrogen) atoms. The smallest absolute Gasteiger partial charge is 0.267 e. The van der Waals surface area contributed by atoms with Crippen LogP contribution in [-0.4, -0.2) is 37.0 Å². The topological polar surface area (TPSA) is 83.2 Å². The van der Waals surface area contributed by atoms with Crippen LogP contribution in [0.1, 0.15) is 27.3 Å². The van der Waals surface area contributed by atoms with Crippen molar-refractivity contribution in [2.75, 3.05) is 20.2 Å². The minimum absolute atomic E-state index is 0.144. The Hall–Kier alpha value is -3.28. The minimum Gasteiger partial charge on any atom is -0.497 e. The summed E-state index contributed by atoms with van der Waals surface area (Å²) < 4.78 is 5.07. The molecular weight excluding hydrogens is 330 g/mol. The molecule has 3 N–H and O–H groups in total. The van der Waals surface area contributed by atoms with Gasteiger partial charge in [0.25, 0.3) is 11.8 Å². The van der Waals surface area contributed by atoms with Gasteiger partial charge in [-0.15, -0.1) is 0 Å². The maximum absolute atomic E-state index is 12.2. The van der Waals surface area contributed by atoms with Crippen LogP contribution in [0.4, 0.5) is 0 Å². The third-order valence-electron chi connectivity index (χ3n) is 4.05. The fraction of sp³-hybridized carbons (Fsp3) is 0.200. The minimum atomic E-state index is -0.150. The predicted molar refractivity (Wildman–Crippen MR) is 101 cm³/mol. The van der Waals surface area contributed by atoms with E-state index in [0.717, 1.165) is 10.9 Å². The number of hydrogen-bond acceptors (Lipinski definition) is 3. The summed E-state index contributed by atoms with van der Waals surface area (Å²) in [6.07, 6.45) is 0.647. The number of nitrogens with one attached hydrogen (secondary N) is 3. The molecule has 3 aromatic rings. The van der Waals surface area contributed by atoms with Gasteiger partial charge in [0.2, 0.25) is 0 Å². The lowest BCUT2D eigenvalue weighted by molar-refractivity contribution is 0.0948. The maximum Gasteiger partial charge on any atom is 0.267 e. The zero-order valence-corrected chi connectivity index (χ0v) is 14.5. The van der Waals surface area contributed by atoms with Gasteiger partial charge in [0.05, 0.1) is 7.11 Å². The van der Waals surface area contributed by atoms with Crippen LogP contribution in [0.2, 0.25) is 0 Å². The summed E-state index contributed by atoms with van der Waals surface area (Å²) >= 11 is 0. The summed E-state index contributed by atoms with van der Waals surface area (Å²) in [6.45, 7) is 0.967. The highest BCUT2D eigenvalue weighted by Crippen LogP contribution is 2.14. The lowest BCUT2D eigenvalue weighted by Crippen LogP contribution is -2.30. The van der Waals surface area contributed by atoms with E-state index in [-0.39, 0.29) is 11.8 Å². The average Bonchev–Trinajstić information content (AvgIpc) is 3.12. The Morgan fingerprint density at radius 2 is 1.65 bits per heavy atom. The fourth-order valence-corrected chi connectivity index (χ4v) is 2.63. The number of fused-ring (bicyclic) bond motifs is 1. The van der Waals surface area contributed by atoms with Crippen molar-refractivity contribution in [3.63, 3.8) is 0 Å². The maximum atomic E-state index is 12.2. The third kappa shape index (κ3) is 4.22. The Labute approximate surface area is 151 Å². The number of aromatic amines is 1. The second-order valence-electron chi connectivity index (χ2n) is 5.86. The van der Waals surface area contributed by atoms with Crippen molar-refractivity contribution < 1.29 is 14.3 Å². The zero-order chi connectivity index (χ0) is 18.4. The molecule has 0 atom stereocenters. The van der Waals surface area contributed by atoms with Gasteiger partial charge in [-0.25, -0.2) is 0 Å². The van der Waals surface area contributed by atoms with E-state index in [1.807, 2.05) is 30.3 Å². The molecule has 0 bridgehead atoms. The summed E-state index contributed by atoms with van der Waals surface area (Å²) in [7, 11) is 1.58.